The molecule has 0 atom stereocenters. The molecule has 0 fully saturated rings. The molecule has 0 saturated carbocycles. The second-order valence-electron chi connectivity index (χ2n) is 4.99. The summed E-state index contributed by atoms with van der Waals surface area (Å²) in [5, 5.41) is 0. The Balaban J connectivity index is 2.63. The number of hydrogen-bond acceptors (Lipinski definition) is 2. The molecule has 0 saturated heterocycles. The minimum atomic E-state index is -0.188. The topological polar surface area (TPSA) is 26.3 Å². The first-order chi connectivity index (χ1) is 10.3. The van der Waals surface area contributed by atoms with Gasteiger partial charge in [-0.2, -0.15) is 0 Å². The van der Waals surface area contributed by atoms with Crippen LogP contribution in [0.4, 0.5) is 0 Å². The first kappa shape index (κ1) is 17.2. The Morgan fingerprint density at radius 2 is 1.86 bits per heavy atom. The fourth-order valence-corrected chi connectivity index (χ4v) is 2.06. The predicted molar refractivity (Wildman–Crippen MR) is 89.0 cm³/mol. The molecule has 0 radical (unpaired) electrons. The lowest BCUT2D eigenvalue weighted by Crippen LogP contribution is -2.07. The van der Waals surface area contributed by atoms with E-state index in [1.54, 1.807) is 0 Å². The summed E-state index contributed by atoms with van der Waals surface area (Å²) in [6.45, 7) is 4.45. The van der Waals surface area contributed by atoms with Gasteiger partial charge in [0.05, 0.1) is 6.61 Å². The van der Waals surface area contributed by atoms with E-state index >= 15 is 0 Å². The minimum Gasteiger partial charge on any atom is -0.463 e. The van der Waals surface area contributed by atoms with Crippen LogP contribution in [0, 0.1) is 0 Å². The number of carbonyl (C=O) groups is 1. The predicted octanol–water partition coefficient (Wildman–Crippen LogP) is 5.16. The molecule has 0 aliphatic carbocycles. The van der Waals surface area contributed by atoms with Crippen molar-refractivity contribution in [1.82, 2.24) is 0 Å². The highest BCUT2D eigenvalue weighted by molar-refractivity contribution is 5.88. The number of hydrogen-bond donors (Lipinski definition) is 0. The van der Waals surface area contributed by atoms with Crippen LogP contribution in [0.3, 0.4) is 0 Å². The van der Waals surface area contributed by atoms with Crippen molar-refractivity contribution in [2.24, 2.45) is 0 Å². The van der Waals surface area contributed by atoms with E-state index in [2.05, 4.69) is 6.92 Å². The lowest BCUT2D eigenvalue weighted by Gasteiger charge is -2.06. The Morgan fingerprint density at radius 3 is 2.52 bits per heavy atom. The summed E-state index contributed by atoms with van der Waals surface area (Å²) in [6, 6.07) is 10.1. The van der Waals surface area contributed by atoms with Crippen molar-refractivity contribution in [1.29, 1.82) is 0 Å². The highest BCUT2D eigenvalue weighted by atomic mass is 16.5. The first-order valence-electron chi connectivity index (χ1n) is 7.87. The van der Waals surface area contributed by atoms with E-state index in [1.807, 2.05) is 55.5 Å². The molecule has 21 heavy (non-hydrogen) atoms. The van der Waals surface area contributed by atoms with Crippen LogP contribution >= 0.6 is 0 Å². The number of allylic oxidation sites excluding steroid dienone is 2. The zero-order valence-corrected chi connectivity index (χ0v) is 13.2. The third-order valence-electron chi connectivity index (χ3n) is 3.22. The van der Waals surface area contributed by atoms with Crippen LogP contribution in [0.1, 0.15) is 51.5 Å². The molecule has 114 valence electrons. The highest BCUT2D eigenvalue weighted by Crippen LogP contribution is 2.13. The maximum absolute atomic E-state index is 11.9. The number of unbranched alkanes of at least 4 members (excludes halogenated alkanes) is 3. The van der Waals surface area contributed by atoms with Crippen LogP contribution in [0.2, 0.25) is 0 Å². The van der Waals surface area contributed by atoms with Crippen molar-refractivity contribution in [3.63, 3.8) is 0 Å². The van der Waals surface area contributed by atoms with Gasteiger partial charge in [-0.1, -0.05) is 74.7 Å². The van der Waals surface area contributed by atoms with E-state index in [9.17, 15) is 4.79 Å². The van der Waals surface area contributed by atoms with E-state index in [1.165, 1.54) is 12.8 Å². The molecule has 0 aliphatic rings. The van der Waals surface area contributed by atoms with Gasteiger partial charge in [0.1, 0.15) is 0 Å². The van der Waals surface area contributed by atoms with E-state index in [0.29, 0.717) is 6.61 Å². The maximum Gasteiger partial charge on any atom is 0.333 e. The molecule has 0 N–H and O–H groups in total. The summed E-state index contributed by atoms with van der Waals surface area (Å²) in [7, 11) is 0. The molecular weight excluding hydrogens is 260 g/mol. The Bertz CT molecular complexity index is 458. The summed E-state index contributed by atoms with van der Waals surface area (Å²) in [5.41, 5.74) is 1.89. The van der Waals surface area contributed by atoms with Crippen LogP contribution in [0.5, 0.6) is 0 Å². The standard InChI is InChI=1S/C19H26O2/c1-3-5-6-10-15-18(19(20)21-4-2)16-11-14-17-12-8-7-9-13-17/h7-9,11-14,16H,3-6,10,15H2,1-2H3/b14-11+,18-16+. The quantitative estimate of drug-likeness (QED) is 0.271. The van der Waals surface area contributed by atoms with Crippen LogP contribution in [0.25, 0.3) is 6.08 Å². The Kier molecular flexibility index (Phi) is 8.94. The van der Waals surface area contributed by atoms with Crippen molar-refractivity contribution < 1.29 is 9.53 Å². The number of ether oxygens (including phenoxy) is 1. The molecule has 2 heteroatoms. The van der Waals surface area contributed by atoms with E-state index in [4.69, 9.17) is 4.74 Å². The third-order valence-corrected chi connectivity index (χ3v) is 3.22. The molecule has 2 nitrogen and oxygen atoms in total. The van der Waals surface area contributed by atoms with Crippen molar-refractivity contribution in [2.75, 3.05) is 6.61 Å². The summed E-state index contributed by atoms with van der Waals surface area (Å²) in [4.78, 5) is 11.9. The van der Waals surface area contributed by atoms with Crippen molar-refractivity contribution >= 4 is 12.0 Å². The van der Waals surface area contributed by atoms with E-state index < -0.39 is 0 Å². The molecule has 1 rings (SSSR count). The smallest absolute Gasteiger partial charge is 0.333 e. The highest BCUT2D eigenvalue weighted by Gasteiger charge is 2.08. The van der Waals surface area contributed by atoms with Crippen molar-refractivity contribution in [3.8, 4) is 0 Å². The minimum absolute atomic E-state index is 0.188. The van der Waals surface area contributed by atoms with Gasteiger partial charge in [-0.15, -0.1) is 0 Å². The van der Waals surface area contributed by atoms with Crippen molar-refractivity contribution in [2.45, 2.75) is 46.0 Å². The molecule has 1 aromatic rings. The van der Waals surface area contributed by atoms with Crippen LogP contribution in [0.15, 0.2) is 48.1 Å². The SMILES string of the molecule is CCCCCC/C(=C\C=C\c1ccccc1)C(=O)OCC. The van der Waals surface area contributed by atoms with Gasteiger partial charge < -0.3 is 4.74 Å². The summed E-state index contributed by atoms with van der Waals surface area (Å²) in [5.74, 6) is -0.188. The average molecular weight is 286 g/mol. The van der Waals surface area contributed by atoms with Gasteiger partial charge in [-0.05, 0) is 25.3 Å². The lowest BCUT2D eigenvalue weighted by molar-refractivity contribution is -0.138. The number of esters is 1. The third kappa shape index (κ3) is 7.50. The van der Waals surface area contributed by atoms with Gasteiger partial charge in [0, 0.05) is 5.57 Å². The molecular formula is C19H26O2. The number of carbonyl (C=O) groups excluding carboxylic acids is 1. The molecule has 0 amide bonds. The van der Waals surface area contributed by atoms with Crippen LogP contribution in [-0.4, -0.2) is 12.6 Å². The van der Waals surface area contributed by atoms with E-state index in [-0.39, 0.29) is 5.97 Å². The van der Waals surface area contributed by atoms with E-state index in [0.717, 1.165) is 30.4 Å². The zero-order chi connectivity index (χ0) is 15.3. The summed E-state index contributed by atoms with van der Waals surface area (Å²) >= 11 is 0. The van der Waals surface area contributed by atoms with Gasteiger partial charge in [0.2, 0.25) is 0 Å². The average Bonchev–Trinajstić information content (AvgIpc) is 2.51. The van der Waals surface area contributed by atoms with Crippen LogP contribution < -0.4 is 0 Å². The van der Waals surface area contributed by atoms with Gasteiger partial charge in [0.15, 0.2) is 0 Å². The van der Waals surface area contributed by atoms with Gasteiger partial charge in [-0.3, -0.25) is 0 Å². The molecule has 0 heterocycles. The van der Waals surface area contributed by atoms with Gasteiger partial charge >= 0.3 is 5.97 Å². The first-order valence-corrected chi connectivity index (χ1v) is 7.87. The molecule has 0 bridgehead atoms. The number of rotatable bonds is 9. The second-order valence-corrected chi connectivity index (χ2v) is 4.99. The van der Waals surface area contributed by atoms with Gasteiger partial charge in [-0.25, -0.2) is 4.79 Å². The number of benzene rings is 1. The molecule has 0 aliphatic heterocycles. The maximum atomic E-state index is 11.9. The Morgan fingerprint density at radius 1 is 1.10 bits per heavy atom. The second kappa shape index (κ2) is 10.9. The summed E-state index contributed by atoms with van der Waals surface area (Å²) in [6.07, 6.45) is 11.2. The van der Waals surface area contributed by atoms with Crippen LogP contribution in [-0.2, 0) is 9.53 Å². The van der Waals surface area contributed by atoms with Crippen molar-refractivity contribution in [3.05, 3.63) is 53.6 Å². The molecule has 0 spiro atoms. The fraction of sp³-hybridized carbons (Fsp3) is 0.421. The van der Waals surface area contributed by atoms with Gasteiger partial charge in [0.25, 0.3) is 0 Å². The summed E-state index contributed by atoms with van der Waals surface area (Å²) < 4.78 is 5.12. The molecule has 0 unspecified atom stereocenters. The Hall–Kier alpha value is -1.83. The monoisotopic (exact) mass is 286 g/mol. The largest absolute Gasteiger partial charge is 0.463 e. The Labute approximate surface area is 128 Å². The fourth-order valence-electron chi connectivity index (χ4n) is 2.06. The lowest BCUT2D eigenvalue weighted by atomic mass is 10.1. The molecule has 0 aromatic heterocycles. The molecule has 1 aromatic carbocycles. The zero-order valence-electron chi connectivity index (χ0n) is 13.2. The normalized spacial score (nSPS) is 11.8.